The largest absolute Gasteiger partial charge is 0.310 e. The van der Waals surface area contributed by atoms with Gasteiger partial charge in [0.05, 0.1) is 0 Å². The molecule has 0 atom stereocenters. The van der Waals surface area contributed by atoms with Crippen LogP contribution in [0.5, 0.6) is 0 Å². The zero-order chi connectivity index (χ0) is 9.80. The predicted molar refractivity (Wildman–Crippen MR) is 58.5 cm³/mol. The molecule has 1 saturated carbocycles. The molecule has 1 aliphatic rings. The van der Waals surface area contributed by atoms with E-state index in [1.807, 2.05) is 0 Å². The van der Waals surface area contributed by atoms with E-state index in [0.29, 0.717) is 0 Å². The fourth-order valence-corrected chi connectivity index (χ4v) is 2.51. The molecule has 0 saturated heterocycles. The van der Waals surface area contributed by atoms with Crippen LogP contribution in [-0.2, 0) is 6.54 Å². The Labute approximate surface area is 88.9 Å². The van der Waals surface area contributed by atoms with Crippen molar-refractivity contribution in [1.82, 2.24) is 15.5 Å². The maximum atomic E-state index is 4.25. The molecule has 1 fully saturated rings. The van der Waals surface area contributed by atoms with Crippen molar-refractivity contribution in [3.05, 3.63) is 10.0 Å². The molecular weight excluding hydrogens is 194 g/mol. The van der Waals surface area contributed by atoms with Crippen LogP contribution in [0.2, 0.25) is 0 Å². The molecule has 0 amide bonds. The zero-order valence-electron chi connectivity index (χ0n) is 8.62. The first kappa shape index (κ1) is 10.1. The van der Waals surface area contributed by atoms with Crippen LogP contribution in [0.3, 0.4) is 0 Å². The van der Waals surface area contributed by atoms with E-state index in [0.717, 1.165) is 24.0 Å². The summed E-state index contributed by atoms with van der Waals surface area (Å²) in [6, 6.07) is 0. The Balaban J connectivity index is 1.83. The van der Waals surface area contributed by atoms with Crippen LogP contribution >= 0.6 is 11.3 Å². The van der Waals surface area contributed by atoms with Crippen molar-refractivity contribution in [1.29, 1.82) is 0 Å². The molecule has 1 heterocycles. The number of hydrogen-bond acceptors (Lipinski definition) is 4. The molecule has 14 heavy (non-hydrogen) atoms. The summed E-state index contributed by atoms with van der Waals surface area (Å²) in [5, 5.41) is 14.2. The van der Waals surface area contributed by atoms with Crippen LogP contribution in [0, 0.1) is 0 Å². The van der Waals surface area contributed by atoms with E-state index in [9.17, 15) is 0 Å². The number of aromatic nitrogens is 2. The van der Waals surface area contributed by atoms with Crippen molar-refractivity contribution >= 4 is 11.3 Å². The van der Waals surface area contributed by atoms with Crippen LogP contribution < -0.4 is 5.32 Å². The van der Waals surface area contributed by atoms with Crippen molar-refractivity contribution < 1.29 is 0 Å². The lowest BCUT2D eigenvalue weighted by atomic mass is 9.86. The summed E-state index contributed by atoms with van der Waals surface area (Å²) in [7, 11) is 0. The van der Waals surface area contributed by atoms with E-state index in [2.05, 4.69) is 22.4 Å². The van der Waals surface area contributed by atoms with Crippen molar-refractivity contribution in [2.45, 2.75) is 45.1 Å². The fourth-order valence-electron chi connectivity index (χ4n) is 1.53. The summed E-state index contributed by atoms with van der Waals surface area (Å²) >= 11 is 1.78. The van der Waals surface area contributed by atoms with E-state index in [1.54, 1.807) is 11.3 Å². The third kappa shape index (κ3) is 2.30. The Hall–Kier alpha value is -0.480. The first-order valence-corrected chi connectivity index (χ1v) is 6.24. The molecule has 0 aromatic carbocycles. The highest BCUT2D eigenvalue weighted by Gasteiger charge is 2.23. The highest BCUT2D eigenvalue weighted by atomic mass is 32.1. The molecule has 0 bridgehead atoms. The maximum absolute atomic E-state index is 4.25. The first-order chi connectivity index (χ1) is 6.90. The van der Waals surface area contributed by atoms with Crippen molar-refractivity contribution in [3.8, 4) is 0 Å². The Morgan fingerprint density at radius 2 is 2.29 bits per heavy atom. The maximum Gasteiger partial charge on any atom is 0.131 e. The van der Waals surface area contributed by atoms with E-state index in [-0.39, 0.29) is 0 Å². The minimum Gasteiger partial charge on any atom is -0.310 e. The number of nitrogens with zero attached hydrogens (tertiary/aromatic N) is 2. The van der Waals surface area contributed by atoms with Gasteiger partial charge in [-0.25, -0.2) is 0 Å². The summed E-state index contributed by atoms with van der Waals surface area (Å²) in [6.45, 7) is 4.13. The fraction of sp³-hybridized carbons (Fsp3) is 0.800. The summed E-state index contributed by atoms with van der Waals surface area (Å²) in [4.78, 5) is 0. The van der Waals surface area contributed by atoms with Gasteiger partial charge < -0.3 is 5.32 Å². The highest BCUT2D eigenvalue weighted by molar-refractivity contribution is 7.11. The summed E-state index contributed by atoms with van der Waals surface area (Å²) < 4.78 is 0. The molecule has 0 aliphatic heterocycles. The molecule has 3 nitrogen and oxygen atoms in total. The van der Waals surface area contributed by atoms with E-state index in [4.69, 9.17) is 0 Å². The van der Waals surface area contributed by atoms with Gasteiger partial charge in [0.25, 0.3) is 0 Å². The van der Waals surface area contributed by atoms with E-state index < -0.39 is 0 Å². The Bertz CT molecular complexity index is 281. The Kier molecular flexibility index (Phi) is 3.48. The summed E-state index contributed by atoms with van der Waals surface area (Å²) in [5.41, 5.74) is 0. The minimum atomic E-state index is 0.729. The van der Waals surface area contributed by atoms with Gasteiger partial charge in [0.2, 0.25) is 0 Å². The summed E-state index contributed by atoms with van der Waals surface area (Å²) in [6.07, 6.45) is 5.18. The Morgan fingerprint density at radius 1 is 1.43 bits per heavy atom. The number of rotatable bonds is 5. The average Bonchev–Trinajstić information content (AvgIpc) is 2.51. The van der Waals surface area contributed by atoms with Gasteiger partial charge in [-0.3, -0.25) is 0 Å². The lowest BCUT2D eigenvalue weighted by Crippen LogP contribution is -2.13. The van der Waals surface area contributed by atoms with Gasteiger partial charge >= 0.3 is 0 Å². The SMILES string of the molecule is CCCNCc1nnc(C2CCC2)s1. The smallest absolute Gasteiger partial charge is 0.131 e. The lowest BCUT2D eigenvalue weighted by Gasteiger charge is -2.21. The molecule has 1 aromatic rings. The van der Waals surface area contributed by atoms with Crippen LogP contribution in [0.4, 0.5) is 0 Å². The molecule has 2 rings (SSSR count). The zero-order valence-corrected chi connectivity index (χ0v) is 9.44. The first-order valence-electron chi connectivity index (χ1n) is 5.43. The monoisotopic (exact) mass is 211 g/mol. The van der Waals surface area contributed by atoms with E-state index >= 15 is 0 Å². The molecule has 0 radical (unpaired) electrons. The number of nitrogens with one attached hydrogen (secondary N) is 1. The van der Waals surface area contributed by atoms with Gasteiger partial charge in [-0.15, -0.1) is 10.2 Å². The topological polar surface area (TPSA) is 37.8 Å². The molecular formula is C10H17N3S. The number of hydrogen-bond donors (Lipinski definition) is 1. The van der Waals surface area contributed by atoms with Crippen molar-refractivity contribution in [2.24, 2.45) is 0 Å². The standard InChI is InChI=1S/C10H17N3S/c1-2-6-11-7-9-12-13-10(14-9)8-4-3-5-8/h8,11H,2-7H2,1H3. The second kappa shape index (κ2) is 4.84. The van der Waals surface area contributed by atoms with Crippen molar-refractivity contribution in [2.75, 3.05) is 6.54 Å². The molecule has 78 valence electrons. The van der Waals surface area contributed by atoms with E-state index in [1.165, 1.54) is 30.7 Å². The quantitative estimate of drug-likeness (QED) is 0.759. The van der Waals surface area contributed by atoms with Gasteiger partial charge in [-0.2, -0.15) is 0 Å². The third-order valence-electron chi connectivity index (χ3n) is 2.64. The van der Waals surface area contributed by atoms with Crippen LogP contribution in [0.15, 0.2) is 0 Å². The van der Waals surface area contributed by atoms with Crippen LogP contribution in [0.1, 0.15) is 48.5 Å². The molecule has 1 N–H and O–H groups in total. The van der Waals surface area contributed by atoms with Gasteiger partial charge in [0.15, 0.2) is 0 Å². The lowest BCUT2D eigenvalue weighted by molar-refractivity contribution is 0.416. The summed E-state index contributed by atoms with van der Waals surface area (Å²) in [5.74, 6) is 0.729. The van der Waals surface area contributed by atoms with Gasteiger partial charge in [-0.05, 0) is 25.8 Å². The average molecular weight is 211 g/mol. The molecule has 1 aromatic heterocycles. The third-order valence-corrected chi connectivity index (χ3v) is 3.73. The normalized spacial score (nSPS) is 16.9. The van der Waals surface area contributed by atoms with Crippen molar-refractivity contribution in [3.63, 3.8) is 0 Å². The van der Waals surface area contributed by atoms with Crippen LogP contribution in [0.25, 0.3) is 0 Å². The minimum absolute atomic E-state index is 0.729. The predicted octanol–water partition coefficient (Wildman–Crippen LogP) is 2.31. The van der Waals surface area contributed by atoms with Crippen LogP contribution in [-0.4, -0.2) is 16.7 Å². The molecule has 4 heteroatoms. The molecule has 0 unspecified atom stereocenters. The van der Waals surface area contributed by atoms with Gasteiger partial charge in [0, 0.05) is 12.5 Å². The molecule has 1 aliphatic carbocycles. The highest BCUT2D eigenvalue weighted by Crippen LogP contribution is 2.37. The second-order valence-corrected chi connectivity index (χ2v) is 4.93. The van der Waals surface area contributed by atoms with Gasteiger partial charge in [0.1, 0.15) is 10.0 Å². The second-order valence-electron chi connectivity index (χ2n) is 3.84. The Morgan fingerprint density at radius 3 is 2.93 bits per heavy atom. The van der Waals surface area contributed by atoms with Gasteiger partial charge in [-0.1, -0.05) is 24.7 Å². The molecule has 0 spiro atoms.